The number of hydrogen-bond acceptors (Lipinski definition) is 6. The summed E-state index contributed by atoms with van der Waals surface area (Å²) in [5.74, 6) is 0.934. The first kappa shape index (κ1) is 13.2. The van der Waals surface area contributed by atoms with Gasteiger partial charge in [-0.25, -0.2) is 0 Å². The Hall–Kier alpha value is -2.21. The molecule has 0 saturated heterocycles. The number of carbonyl (C=O) groups is 1. The molecule has 5 nitrogen and oxygen atoms in total. The number of aromatic nitrogens is 2. The van der Waals surface area contributed by atoms with E-state index in [1.807, 2.05) is 0 Å². The Morgan fingerprint density at radius 1 is 1.32 bits per heavy atom. The molecule has 98 valence electrons. The average Bonchev–Trinajstić information content (AvgIpc) is 2.97. The standard InChI is InChI=1S/C13H12N2O3S/c1-17-10-4-6-13(18-2)11(7-10)12(16)5-3-9-8-19-15-14-9/h3-8H,1-2H3. The van der Waals surface area contributed by atoms with Crippen molar-refractivity contribution in [2.75, 3.05) is 14.2 Å². The maximum atomic E-state index is 12.1. The molecule has 0 bridgehead atoms. The fraction of sp³-hybridized carbons (Fsp3) is 0.154. The Morgan fingerprint density at radius 2 is 2.16 bits per heavy atom. The van der Waals surface area contributed by atoms with Gasteiger partial charge in [-0.2, -0.15) is 0 Å². The van der Waals surface area contributed by atoms with E-state index in [1.165, 1.54) is 24.7 Å². The minimum Gasteiger partial charge on any atom is -0.497 e. The summed E-state index contributed by atoms with van der Waals surface area (Å²) < 4.78 is 14.0. The highest BCUT2D eigenvalue weighted by Crippen LogP contribution is 2.24. The number of ether oxygens (including phenoxy) is 2. The van der Waals surface area contributed by atoms with E-state index >= 15 is 0 Å². The van der Waals surface area contributed by atoms with Crippen molar-refractivity contribution in [3.63, 3.8) is 0 Å². The zero-order valence-corrected chi connectivity index (χ0v) is 11.3. The van der Waals surface area contributed by atoms with Crippen LogP contribution in [0.1, 0.15) is 16.1 Å². The summed E-state index contributed by atoms with van der Waals surface area (Å²) in [7, 11) is 3.07. The van der Waals surface area contributed by atoms with Gasteiger partial charge in [0.1, 0.15) is 11.5 Å². The summed E-state index contributed by atoms with van der Waals surface area (Å²) in [6.07, 6.45) is 3.05. The van der Waals surface area contributed by atoms with Crippen LogP contribution in [0.25, 0.3) is 6.08 Å². The molecule has 6 heteroatoms. The molecule has 0 saturated carbocycles. The van der Waals surface area contributed by atoms with Crippen LogP contribution in [-0.2, 0) is 0 Å². The minimum atomic E-state index is -0.177. The molecule has 0 unspecified atom stereocenters. The zero-order valence-electron chi connectivity index (χ0n) is 10.5. The van der Waals surface area contributed by atoms with Gasteiger partial charge in [0.2, 0.25) is 0 Å². The van der Waals surface area contributed by atoms with E-state index in [0.29, 0.717) is 22.8 Å². The first-order valence-corrected chi connectivity index (χ1v) is 6.29. The molecule has 0 N–H and O–H groups in total. The van der Waals surface area contributed by atoms with E-state index < -0.39 is 0 Å². The van der Waals surface area contributed by atoms with Crippen molar-refractivity contribution < 1.29 is 14.3 Å². The second-order valence-corrected chi connectivity index (χ2v) is 4.20. The van der Waals surface area contributed by atoms with Crippen molar-refractivity contribution in [1.82, 2.24) is 9.59 Å². The summed E-state index contributed by atoms with van der Waals surface area (Å²) in [4.78, 5) is 12.1. The van der Waals surface area contributed by atoms with Crippen molar-refractivity contribution in [2.24, 2.45) is 0 Å². The van der Waals surface area contributed by atoms with Crippen LogP contribution in [0.2, 0.25) is 0 Å². The SMILES string of the molecule is COc1ccc(OC)c(C(=O)C=Cc2csnn2)c1. The number of allylic oxidation sites excluding steroid dienone is 1. The van der Waals surface area contributed by atoms with Crippen molar-refractivity contribution >= 4 is 23.4 Å². The van der Waals surface area contributed by atoms with E-state index in [2.05, 4.69) is 9.59 Å². The van der Waals surface area contributed by atoms with E-state index in [1.54, 1.807) is 36.8 Å². The van der Waals surface area contributed by atoms with Gasteiger partial charge in [-0.1, -0.05) is 4.49 Å². The fourth-order valence-corrected chi connectivity index (χ4v) is 1.92. The molecule has 0 aliphatic carbocycles. The molecule has 0 atom stereocenters. The number of hydrogen-bond donors (Lipinski definition) is 0. The molecule has 0 radical (unpaired) electrons. The van der Waals surface area contributed by atoms with Crippen LogP contribution in [0.15, 0.2) is 29.7 Å². The lowest BCUT2D eigenvalue weighted by molar-refractivity contribution is 0.104. The topological polar surface area (TPSA) is 61.3 Å². The van der Waals surface area contributed by atoms with Gasteiger partial charge in [0.05, 0.1) is 25.5 Å². The average molecular weight is 276 g/mol. The summed E-state index contributed by atoms with van der Waals surface area (Å²) in [5.41, 5.74) is 1.10. The highest BCUT2D eigenvalue weighted by atomic mass is 32.1. The van der Waals surface area contributed by atoms with E-state index in [9.17, 15) is 4.79 Å². The Bertz CT molecular complexity index is 594. The lowest BCUT2D eigenvalue weighted by Gasteiger charge is -2.07. The Kier molecular flexibility index (Phi) is 4.25. The summed E-state index contributed by atoms with van der Waals surface area (Å²) in [6.45, 7) is 0. The minimum absolute atomic E-state index is 0.177. The van der Waals surface area contributed by atoms with Gasteiger partial charge in [-0.3, -0.25) is 4.79 Å². The summed E-state index contributed by atoms with van der Waals surface area (Å²) in [6, 6.07) is 5.08. The molecular formula is C13H12N2O3S. The fourth-order valence-electron chi connectivity index (χ4n) is 1.50. The maximum absolute atomic E-state index is 12.1. The first-order valence-electron chi connectivity index (χ1n) is 5.46. The zero-order chi connectivity index (χ0) is 13.7. The summed E-state index contributed by atoms with van der Waals surface area (Å²) in [5, 5.41) is 5.59. The van der Waals surface area contributed by atoms with Gasteiger partial charge in [-0.15, -0.1) is 5.10 Å². The highest BCUT2D eigenvalue weighted by molar-refractivity contribution is 7.03. The van der Waals surface area contributed by atoms with Crippen molar-refractivity contribution in [3.05, 3.63) is 40.9 Å². The number of carbonyl (C=O) groups excluding carboxylic acids is 1. The molecule has 1 aromatic heterocycles. The third kappa shape index (κ3) is 3.17. The monoisotopic (exact) mass is 276 g/mol. The van der Waals surface area contributed by atoms with Crippen LogP contribution in [0.3, 0.4) is 0 Å². The first-order chi connectivity index (χ1) is 9.24. The van der Waals surface area contributed by atoms with Crippen molar-refractivity contribution in [1.29, 1.82) is 0 Å². The number of rotatable bonds is 5. The smallest absolute Gasteiger partial charge is 0.189 e. The van der Waals surface area contributed by atoms with Gasteiger partial charge in [0.15, 0.2) is 5.78 Å². The van der Waals surface area contributed by atoms with Gasteiger partial charge < -0.3 is 9.47 Å². The Balaban J connectivity index is 2.27. The van der Waals surface area contributed by atoms with Gasteiger partial charge >= 0.3 is 0 Å². The molecule has 1 heterocycles. The summed E-state index contributed by atoms with van der Waals surface area (Å²) >= 11 is 1.23. The normalized spacial score (nSPS) is 10.6. The van der Waals surface area contributed by atoms with E-state index in [0.717, 1.165) is 0 Å². The van der Waals surface area contributed by atoms with E-state index in [-0.39, 0.29) is 5.78 Å². The molecular weight excluding hydrogens is 264 g/mol. The lowest BCUT2D eigenvalue weighted by atomic mass is 10.1. The van der Waals surface area contributed by atoms with Crippen LogP contribution >= 0.6 is 11.5 Å². The molecule has 0 aliphatic rings. The molecule has 19 heavy (non-hydrogen) atoms. The third-order valence-corrected chi connectivity index (χ3v) is 2.98. The van der Waals surface area contributed by atoms with Crippen molar-refractivity contribution in [3.8, 4) is 11.5 Å². The third-order valence-electron chi connectivity index (χ3n) is 2.45. The maximum Gasteiger partial charge on any atom is 0.189 e. The highest BCUT2D eigenvalue weighted by Gasteiger charge is 2.11. The van der Waals surface area contributed by atoms with Crippen LogP contribution in [0, 0.1) is 0 Å². The van der Waals surface area contributed by atoms with Crippen LogP contribution in [0.5, 0.6) is 11.5 Å². The quantitative estimate of drug-likeness (QED) is 0.620. The number of benzene rings is 1. The molecule has 0 fully saturated rings. The molecule has 2 rings (SSSR count). The number of nitrogens with zero attached hydrogens (tertiary/aromatic N) is 2. The molecule has 2 aromatic rings. The Labute approximate surface area is 114 Å². The van der Waals surface area contributed by atoms with Gasteiger partial charge in [0, 0.05) is 5.38 Å². The lowest BCUT2D eigenvalue weighted by Crippen LogP contribution is -1.99. The molecule has 0 aliphatic heterocycles. The number of ketones is 1. The van der Waals surface area contributed by atoms with Gasteiger partial charge in [-0.05, 0) is 41.9 Å². The largest absolute Gasteiger partial charge is 0.497 e. The van der Waals surface area contributed by atoms with Crippen LogP contribution < -0.4 is 9.47 Å². The second kappa shape index (κ2) is 6.10. The van der Waals surface area contributed by atoms with E-state index in [4.69, 9.17) is 9.47 Å². The van der Waals surface area contributed by atoms with Crippen LogP contribution in [-0.4, -0.2) is 29.6 Å². The molecule has 0 spiro atoms. The van der Waals surface area contributed by atoms with Gasteiger partial charge in [0.25, 0.3) is 0 Å². The second-order valence-electron chi connectivity index (χ2n) is 3.59. The number of methoxy groups -OCH3 is 2. The van der Waals surface area contributed by atoms with Crippen LogP contribution in [0.4, 0.5) is 0 Å². The Morgan fingerprint density at radius 3 is 2.79 bits per heavy atom. The van der Waals surface area contributed by atoms with Crippen molar-refractivity contribution in [2.45, 2.75) is 0 Å². The predicted octanol–water partition coefficient (Wildman–Crippen LogP) is 2.45. The molecule has 0 amide bonds. The molecule has 1 aromatic carbocycles. The predicted molar refractivity (Wildman–Crippen MR) is 72.8 cm³/mol.